The monoisotopic (exact) mass is 293 g/mol. The van der Waals surface area contributed by atoms with Crippen LogP contribution in [0.4, 0.5) is 5.69 Å². The second-order valence-electron chi connectivity index (χ2n) is 5.78. The number of benzene rings is 2. The second-order valence-corrected chi connectivity index (χ2v) is 5.78. The van der Waals surface area contributed by atoms with Crippen molar-refractivity contribution < 1.29 is 0 Å². The Morgan fingerprint density at radius 2 is 1.64 bits per heavy atom. The van der Waals surface area contributed by atoms with Crippen molar-refractivity contribution in [3.05, 3.63) is 69.1 Å². The van der Waals surface area contributed by atoms with Crippen molar-refractivity contribution in [1.29, 1.82) is 0 Å². The van der Waals surface area contributed by atoms with E-state index in [1.807, 2.05) is 37.3 Å². The Hall–Kier alpha value is -2.62. The first-order valence-corrected chi connectivity index (χ1v) is 7.27. The van der Waals surface area contributed by atoms with E-state index in [9.17, 15) is 4.79 Å². The van der Waals surface area contributed by atoms with E-state index in [4.69, 9.17) is 5.73 Å². The number of nitrogens with two attached hydrogens (primary N) is 1. The summed E-state index contributed by atoms with van der Waals surface area (Å²) in [7, 11) is 1.70. The summed E-state index contributed by atoms with van der Waals surface area (Å²) in [6.07, 6.45) is 0.674. The summed E-state index contributed by atoms with van der Waals surface area (Å²) < 4.78 is 1.42. The highest BCUT2D eigenvalue weighted by Crippen LogP contribution is 2.21. The maximum Gasteiger partial charge on any atom is 0.274 e. The summed E-state index contributed by atoms with van der Waals surface area (Å²) in [6, 6.07) is 11.8. The molecule has 4 heteroatoms. The van der Waals surface area contributed by atoms with Gasteiger partial charge in [0, 0.05) is 24.5 Å². The number of fused-ring (bicyclic) bond motifs is 1. The lowest BCUT2D eigenvalue weighted by atomic mass is 10.00. The van der Waals surface area contributed by atoms with Crippen LogP contribution in [-0.4, -0.2) is 9.78 Å². The number of anilines is 1. The third-order valence-corrected chi connectivity index (χ3v) is 4.09. The second kappa shape index (κ2) is 5.30. The number of nitrogens with zero attached hydrogens (tertiary/aromatic N) is 2. The maximum atomic E-state index is 12.3. The zero-order valence-electron chi connectivity index (χ0n) is 13.1. The molecule has 0 saturated heterocycles. The third kappa shape index (κ3) is 2.48. The Kier molecular flexibility index (Phi) is 3.45. The Morgan fingerprint density at radius 1 is 1.05 bits per heavy atom. The van der Waals surface area contributed by atoms with Crippen LogP contribution in [-0.2, 0) is 13.5 Å². The summed E-state index contributed by atoms with van der Waals surface area (Å²) in [4.78, 5) is 12.3. The van der Waals surface area contributed by atoms with Crippen LogP contribution in [0.1, 0.15) is 22.4 Å². The molecule has 3 aromatic rings. The molecule has 0 unspecified atom stereocenters. The van der Waals surface area contributed by atoms with Gasteiger partial charge in [0.25, 0.3) is 5.56 Å². The lowest BCUT2D eigenvalue weighted by Gasteiger charge is -2.11. The molecule has 0 radical (unpaired) electrons. The van der Waals surface area contributed by atoms with Crippen molar-refractivity contribution in [3.63, 3.8) is 0 Å². The largest absolute Gasteiger partial charge is 0.399 e. The molecule has 3 rings (SSSR count). The molecule has 0 fully saturated rings. The van der Waals surface area contributed by atoms with Crippen molar-refractivity contribution in [2.45, 2.75) is 20.3 Å². The van der Waals surface area contributed by atoms with E-state index < -0.39 is 0 Å². The molecular weight excluding hydrogens is 274 g/mol. The van der Waals surface area contributed by atoms with Crippen LogP contribution in [0.25, 0.3) is 10.8 Å². The molecule has 0 bridgehead atoms. The topological polar surface area (TPSA) is 60.9 Å². The van der Waals surface area contributed by atoms with Gasteiger partial charge in [-0.3, -0.25) is 4.79 Å². The van der Waals surface area contributed by atoms with Crippen molar-refractivity contribution in [1.82, 2.24) is 9.78 Å². The van der Waals surface area contributed by atoms with E-state index >= 15 is 0 Å². The first-order chi connectivity index (χ1) is 10.5. The van der Waals surface area contributed by atoms with Gasteiger partial charge in [0.2, 0.25) is 0 Å². The van der Waals surface area contributed by atoms with Crippen LogP contribution in [0.5, 0.6) is 0 Å². The van der Waals surface area contributed by atoms with Gasteiger partial charge in [-0.15, -0.1) is 0 Å². The highest BCUT2D eigenvalue weighted by atomic mass is 16.1. The minimum atomic E-state index is -0.0563. The van der Waals surface area contributed by atoms with Crippen molar-refractivity contribution in [2.75, 3.05) is 5.73 Å². The predicted octanol–water partition coefficient (Wildman–Crippen LogP) is 2.72. The molecular formula is C18H19N3O. The molecule has 0 aliphatic heterocycles. The fraction of sp³-hybridized carbons (Fsp3) is 0.222. The van der Waals surface area contributed by atoms with Crippen LogP contribution < -0.4 is 11.3 Å². The summed E-state index contributed by atoms with van der Waals surface area (Å²) in [5.41, 5.74) is 10.7. The summed E-state index contributed by atoms with van der Waals surface area (Å²) in [5, 5.41) is 6.12. The molecule has 1 heterocycles. The molecule has 0 saturated carbocycles. The minimum Gasteiger partial charge on any atom is -0.399 e. The number of aromatic nitrogens is 2. The lowest BCUT2D eigenvalue weighted by molar-refractivity contribution is 0.697. The number of hydrogen-bond acceptors (Lipinski definition) is 3. The quantitative estimate of drug-likeness (QED) is 0.739. The van der Waals surface area contributed by atoms with Crippen molar-refractivity contribution in [3.8, 4) is 0 Å². The van der Waals surface area contributed by atoms with Gasteiger partial charge in [-0.05, 0) is 54.8 Å². The Bertz CT molecular complexity index is 908. The number of nitrogen functional groups attached to an aromatic ring is 1. The highest BCUT2D eigenvalue weighted by Gasteiger charge is 2.11. The molecule has 0 aliphatic carbocycles. The molecule has 4 nitrogen and oxygen atoms in total. The van der Waals surface area contributed by atoms with Crippen LogP contribution in [0, 0.1) is 13.8 Å². The lowest BCUT2D eigenvalue weighted by Crippen LogP contribution is -2.21. The zero-order valence-corrected chi connectivity index (χ0v) is 13.1. The van der Waals surface area contributed by atoms with E-state index in [-0.39, 0.29) is 5.56 Å². The summed E-state index contributed by atoms with van der Waals surface area (Å²) in [5.74, 6) is 0. The molecule has 0 aliphatic rings. The van der Waals surface area contributed by atoms with Gasteiger partial charge in [-0.1, -0.05) is 12.1 Å². The normalized spacial score (nSPS) is 11.0. The average molecular weight is 293 g/mol. The van der Waals surface area contributed by atoms with Gasteiger partial charge in [-0.2, -0.15) is 5.10 Å². The first-order valence-electron chi connectivity index (χ1n) is 7.27. The van der Waals surface area contributed by atoms with Crippen LogP contribution >= 0.6 is 0 Å². The van der Waals surface area contributed by atoms with E-state index in [0.717, 1.165) is 33.3 Å². The molecule has 0 atom stereocenters. The fourth-order valence-corrected chi connectivity index (χ4v) is 2.65. The number of rotatable bonds is 2. The molecule has 2 N–H and O–H groups in total. The standard InChI is InChI=1S/C18H19N3O/c1-11-8-15-16(9-12(11)2)18(22)21(3)20-17(15)10-13-4-6-14(19)7-5-13/h4-9H,10,19H2,1-3H3. The average Bonchev–Trinajstić information content (AvgIpc) is 2.49. The highest BCUT2D eigenvalue weighted by molar-refractivity contribution is 5.85. The van der Waals surface area contributed by atoms with E-state index in [2.05, 4.69) is 18.1 Å². The third-order valence-electron chi connectivity index (χ3n) is 4.09. The van der Waals surface area contributed by atoms with Crippen LogP contribution in [0.15, 0.2) is 41.2 Å². The summed E-state index contributed by atoms with van der Waals surface area (Å²) >= 11 is 0. The fourth-order valence-electron chi connectivity index (χ4n) is 2.65. The number of aryl methyl sites for hydroxylation is 3. The molecule has 2 aromatic carbocycles. The van der Waals surface area contributed by atoms with Gasteiger partial charge in [0.1, 0.15) is 0 Å². The zero-order chi connectivity index (χ0) is 15.9. The Balaban J connectivity index is 2.20. The van der Waals surface area contributed by atoms with Gasteiger partial charge >= 0.3 is 0 Å². The Labute approximate surface area is 129 Å². The molecule has 22 heavy (non-hydrogen) atoms. The van der Waals surface area contributed by atoms with Crippen molar-refractivity contribution >= 4 is 16.5 Å². The van der Waals surface area contributed by atoms with Gasteiger partial charge in [0.05, 0.1) is 11.1 Å². The van der Waals surface area contributed by atoms with Crippen molar-refractivity contribution in [2.24, 2.45) is 7.05 Å². The maximum absolute atomic E-state index is 12.3. The van der Waals surface area contributed by atoms with Gasteiger partial charge in [-0.25, -0.2) is 4.68 Å². The van der Waals surface area contributed by atoms with E-state index in [0.29, 0.717) is 6.42 Å². The SMILES string of the molecule is Cc1cc2c(Cc3ccc(N)cc3)nn(C)c(=O)c2cc1C. The molecule has 0 amide bonds. The van der Waals surface area contributed by atoms with E-state index in [1.54, 1.807) is 7.05 Å². The smallest absolute Gasteiger partial charge is 0.274 e. The number of hydrogen-bond donors (Lipinski definition) is 1. The first kappa shape index (κ1) is 14.3. The van der Waals surface area contributed by atoms with E-state index in [1.165, 1.54) is 10.2 Å². The molecule has 0 spiro atoms. The van der Waals surface area contributed by atoms with Gasteiger partial charge < -0.3 is 5.73 Å². The van der Waals surface area contributed by atoms with Crippen LogP contribution in [0.3, 0.4) is 0 Å². The van der Waals surface area contributed by atoms with Crippen LogP contribution in [0.2, 0.25) is 0 Å². The van der Waals surface area contributed by atoms with Gasteiger partial charge in [0.15, 0.2) is 0 Å². The minimum absolute atomic E-state index is 0.0563. The molecule has 112 valence electrons. The predicted molar refractivity (Wildman–Crippen MR) is 90.1 cm³/mol. The molecule has 1 aromatic heterocycles. The summed E-state index contributed by atoms with van der Waals surface area (Å²) in [6.45, 7) is 4.08. The Morgan fingerprint density at radius 3 is 2.27 bits per heavy atom.